The average Bonchev–Trinajstić information content (AvgIpc) is 3.72. The molecular weight excluding hydrogens is 509 g/mol. The van der Waals surface area contributed by atoms with Crippen molar-refractivity contribution < 1.29 is 31.9 Å². The first-order valence-corrected chi connectivity index (χ1v) is 13.7. The molecular formula is C29H30FNO6S. The first-order chi connectivity index (χ1) is 18.2. The molecule has 0 spiro atoms. The van der Waals surface area contributed by atoms with Crippen molar-refractivity contribution in [1.29, 1.82) is 0 Å². The molecule has 0 saturated heterocycles. The summed E-state index contributed by atoms with van der Waals surface area (Å²) in [5, 5.41) is 0. The maximum absolute atomic E-state index is 15.2. The van der Waals surface area contributed by atoms with Gasteiger partial charge in [0.25, 0.3) is 0 Å². The number of carbonyl (C=O) groups is 2. The molecule has 0 unspecified atom stereocenters. The number of benzene rings is 3. The molecule has 9 heteroatoms. The SMILES string of the molecule is COc1ccc(CN(Cc2ccc(OC)cc2)S(=O)(=O)c2ccc(C(=O)CC(=O)CC3CC3)cc2F)cc1. The molecule has 0 aromatic heterocycles. The van der Waals surface area contributed by atoms with E-state index < -0.39 is 26.5 Å². The molecule has 38 heavy (non-hydrogen) atoms. The lowest BCUT2D eigenvalue weighted by atomic mass is 10.0. The molecule has 3 aromatic carbocycles. The van der Waals surface area contributed by atoms with Crippen LogP contribution in [0.1, 0.15) is 47.2 Å². The van der Waals surface area contributed by atoms with Gasteiger partial charge in [0, 0.05) is 25.1 Å². The van der Waals surface area contributed by atoms with E-state index in [4.69, 9.17) is 9.47 Å². The maximum atomic E-state index is 15.2. The molecule has 4 rings (SSSR count). The Kier molecular flexibility index (Phi) is 8.58. The van der Waals surface area contributed by atoms with Crippen molar-refractivity contribution >= 4 is 21.6 Å². The van der Waals surface area contributed by atoms with Crippen molar-refractivity contribution in [2.75, 3.05) is 14.2 Å². The summed E-state index contributed by atoms with van der Waals surface area (Å²) >= 11 is 0. The van der Waals surface area contributed by atoms with Crippen LogP contribution in [0.15, 0.2) is 71.6 Å². The predicted molar refractivity (Wildman–Crippen MR) is 140 cm³/mol. The van der Waals surface area contributed by atoms with Crippen LogP contribution < -0.4 is 9.47 Å². The van der Waals surface area contributed by atoms with E-state index in [2.05, 4.69) is 0 Å². The number of nitrogens with zero attached hydrogens (tertiary/aromatic N) is 1. The lowest BCUT2D eigenvalue weighted by Crippen LogP contribution is -2.31. The van der Waals surface area contributed by atoms with Gasteiger partial charge in [0.2, 0.25) is 10.0 Å². The van der Waals surface area contributed by atoms with Gasteiger partial charge in [-0.05, 0) is 72.4 Å². The van der Waals surface area contributed by atoms with E-state index >= 15 is 4.39 Å². The molecule has 0 amide bonds. The number of hydrogen-bond donors (Lipinski definition) is 0. The highest BCUT2D eigenvalue weighted by Gasteiger charge is 2.29. The van der Waals surface area contributed by atoms with Crippen LogP contribution in [0.25, 0.3) is 0 Å². The summed E-state index contributed by atoms with van der Waals surface area (Å²) in [6.07, 6.45) is 2.02. The number of sulfonamides is 1. The van der Waals surface area contributed by atoms with Crippen LogP contribution in [0, 0.1) is 11.7 Å². The molecule has 7 nitrogen and oxygen atoms in total. The highest BCUT2D eigenvalue weighted by atomic mass is 32.2. The van der Waals surface area contributed by atoms with Gasteiger partial charge in [-0.15, -0.1) is 0 Å². The highest BCUT2D eigenvalue weighted by molar-refractivity contribution is 7.89. The number of halogens is 1. The van der Waals surface area contributed by atoms with E-state index in [0.717, 1.165) is 25.0 Å². The fraction of sp³-hybridized carbons (Fsp3) is 0.310. The second kappa shape index (κ2) is 11.9. The van der Waals surface area contributed by atoms with Crippen LogP contribution in [-0.4, -0.2) is 38.5 Å². The van der Waals surface area contributed by atoms with Crippen LogP contribution in [0.5, 0.6) is 11.5 Å². The van der Waals surface area contributed by atoms with Gasteiger partial charge in [-0.3, -0.25) is 9.59 Å². The number of rotatable bonds is 13. The van der Waals surface area contributed by atoms with Crippen molar-refractivity contribution in [3.05, 3.63) is 89.2 Å². The van der Waals surface area contributed by atoms with Gasteiger partial charge in [-0.2, -0.15) is 4.31 Å². The summed E-state index contributed by atoms with van der Waals surface area (Å²) < 4.78 is 54.1. The largest absolute Gasteiger partial charge is 0.497 e. The number of carbonyl (C=O) groups excluding carboxylic acids is 2. The van der Waals surface area contributed by atoms with Crippen molar-refractivity contribution in [3.63, 3.8) is 0 Å². The Labute approximate surface area is 222 Å². The van der Waals surface area contributed by atoms with Crippen LogP contribution in [0.2, 0.25) is 0 Å². The minimum absolute atomic E-state index is 0.0197. The summed E-state index contributed by atoms with van der Waals surface area (Å²) in [7, 11) is -1.24. The number of Topliss-reactive ketones (excluding diaryl/α,β-unsaturated/α-hetero) is 2. The normalized spacial score (nSPS) is 13.4. The lowest BCUT2D eigenvalue weighted by molar-refractivity contribution is -0.118. The Hall–Kier alpha value is -3.56. The summed E-state index contributed by atoms with van der Waals surface area (Å²) in [4.78, 5) is 24.1. The van der Waals surface area contributed by atoms with Crippen molar-refractivity contribution in [2.24, 2.45) is 5.92 Å². The van der Waals surface area contributed by atoms with Gasteiger partial charge in [0.05, 0.1) is 20.6 Å². The zero-order valence-corrected chi connectivity index (χ0v) is 22.2. The third-order valence-corrected chi connectivity index (χ3v) is 8.30. The Morgan fingerprint density at radius 3 is 1.84 bits per heavy atom. The first-order valence-electron chi connectivity index (χ1n) is 12.3. The topological polar surface area (TPSA) is 90.0 Å². The highest BCUT2D eigenvalue weighted by Crippen LogP contribution is 2.33. The van der Waals surface area contributed by atoms with E-state index in [-0.39, 0.29) is 30.9 Å². The van der Waals surface area contributed by atoms with E-state index in [0.29, 0.717) is 35.0 Å². The van der Waals surface area contributed by atoms with E-state index in [1.165, 1.54) is 24.6 Å². The zero-order chi connectivity index (χ0) is 27.3. The number of ether oxygens (including phenoxy) is 2. The maximum Gasteiger partial charge on any atom is 0.246 e. The molecule has 0 radical (unpaired) electrons. The smallest absolute Gasteiger partial charge is 0.246 e. The molecule has 1 saturated carbocycles. The Morgan fingerprint density at radius 2 is 1.39 bits per heavy atom. The van der Waals surface area contributed by atoms with Gasteiger partial charge in [-0.1, -0.05) is 24.3 Å². The summed E-state index contributed by atoms with van der Waals surface area (Å²) in [5.41, 5.74) is 1.34. The third-order valence-electron chi connectivity index (χ3n) is 6.48. The summed E-state index contributed by atoms with van der Waals surface area (Å²) in [6, 6.07) is 17.1. The van der Waals surface area contributed by atoms with Crippen molar-refractivity contribution in [2.45, 2.75) is 43.7 Å². The Balaban J connectivity index is 1.59. The second-order valence-corrected chi connectivity index (χ2v) is 11.3. The van der Waals surface area contributed by atoms with Gasteiger partial charge in [0.15, 0.2) is 5.78 Å². The Morgan fingerprint density at radius 1 is 0.868 bits per heavy atom. The van der Waals surface area contributed by atoms with Crippen molar-refractivity contribution in [3.8, 4) is 11.5 Å². The van der Waals surface area contributed by atoms with Gasteiger partial charge in [-0.25, -0.2) is 12.8 Å². The summed E-state index contributed by atoms with van der Waals surface area (Å²) in [6.45, 7) is -0.0394. The minimum atomic E-state index is -4.32. The van der Waals surface area contributed by atoms with Gasteiger partial charge in [0.1, 0.15) is 28.0 Å². The molecule has 0 atom stereocenters. The summed E-state index contributed by atoms with van der Waals surface area (Å²) in [5.74, 6) is -0.145. The van der Waals surface area contributed by atoms with Crippen molar-refractivity contribution in [1.82, 2.24) is 4.31 Å². The molecule has 0 heterocycles. The first kappa shape index (κ1) is 27.5. The van der Waals surface area contributed by atoms with Gasteiger partial charge < -0.3 is 9.47 Å². The van der Waals surface area contributed by atoms with E-state index in [1.54, 1.807) is 48.5 Å². The zero-order valence-electron chi connectivity index (χ0n) is 21.4. The fourth-order valence-corrected chi connectivity index (χ4v) is 5.58. The fourth-order valence-electron chi connectivity index (χ4n) is 4.11. The second-order valence-electron chi connectivity index (χ2n) is 9.40. The number of hydrogen-bond acceptors (Lipinski definition) is 6. The molecule has 200 valence electrons. The molecule has 0 N–H and O–H groups in total. The minimum Gasteiger partial charge on any atom is -0.497 e. The Bertz CT molecular complexity index is 1350. The number of methoxy groups -OCH3 is 2. The third kappa shape index (κ3) is 6.85. The number of ketones is 2. The molecule has 1 aliphatic carbocycles. The quantitative estimate of drug-likeness (QED) is 0.220. The monoisotopic (exact) mass is 539 g/mol. The standard InChI is InChI=1S/C29H30FNO6S/c1-36-25-10-5-21(6-11-25)18-31(19-22-7-12-26(37-2)13-8-22)38(34,35)29-14-9-23(16-27(29)30)28(33)17-24(32)15-20-3-4-20/h5-14,16,20H,3-4,15,17-19H2,1-2H3. The van der Waals surface area contributed by atoms with Crippen LogP contribution in [0.4, 0.5) is 4.39 Å². The molecule has 0 bridgehead atoms. The molecule has 0 aliphatic heterocycles. The van der Waals surface area contributed by atoms with Gasteiger partial charge >= 0.3 is 0 Å². The predicted octanol–water partition coefficient (Wildman–Crippen LogP) is 5.18. The molecule has 1 fully saturated rings. The lowest BCUT2D eigenvalue weighted by Gasteiger charge is -2.23. The molecule has 3 aromatic rings. The van der Waals surface area contributed by atoms with Crippen LogP contribution >= 0.6 is 0 Å². The van der Waals surface area contributed by atoms with E-state index in [9.17, 15) is 18.0 Å². The van der Waals surface area contributed by atoms with E-state index in [1.807, 2.05) is 0 Å². The molecule has 1 aliphatic rings. The van der Waals surface area contributed by atoms with Crippen LogP contribution in [0.3, 0.4) is 0 Å². The average molecular weight is 540 g/mol. The van der Waals surface area contributed by atoms with Crippen LogP contribution in [-0.2, 0) is 27.9 Å².